The molecule has 0 unspecified atom stereocenters. The van der Waals surface area contributed by atoms with E-state index in [-0.39, 0.29) is 23.3 Å². The van der Waals surface area contributed by atoms with E-state index in [0.717, 1.165) is 0 Å². The molecule has 0 saturated carbocycles. The Morgan fingerprint density at radius 3 is 2.39 bits per heavy atom. The van der Waals surface area contributed by atoms with Crippen LogP contribution >= 0.6 is 0 Å². The summed E-state index contributed by atoms with van der Waals surface area (Å²) in [5.74, 6) is -0.544. The SMILES string of the molecule is CC(=O)Nc1ccc(C(=O)c2ccc3c(c2)NC(=O)/C3=C/Nc2cccc(O)c2)cc1. The average molecular weight is 413 g/mol. The molecule has 2 amide bonds. The Labute approximate surface area is 178 Å². The predicted molar refractivity (Wildman–Crippen MR) is 119 cm³/mol. The zero-order valence-corrected chi connectivity index (χ0v) is 16.6. The Hall–Kier alpha value is -4.39. The molecule has 7 heteroatoms. The van der Waals surface area contributed by atoms with Crippen molar-refractivity contribution in [1.82, 2.24) is 0 Å². The largest absolute Gasteiger partial charge is 0.508 e. The molecule has 0 spiro atoms. The number of ketones is 1. The molecule has 3 aromatic carbocycles. The number of amides is 2. The monoisotopic (exact) mass is 413 g/mol. The van der Waals surface area contributed by atoms with Crippen molar-refractivity contribution in [2.24, 2.45) is 0 Å². The highest BCUT2D eigenvalue weighted by Gasteiger charge is 2.25. The minimum absolute atomic E-state index is 0.118. The molecule has 0 atom stereocenters. The van der Waals surface area contributed by atoms with Crippen molar-refractivity contribution in [1.29, 1.82) is 0 Å². The molecule has 0 fully saturated rings. The zero-order chi connectivity index (χ0) is 22.0. The number of fused-ring (bicyclic) bond motifs is 1. The van der Waals surface area contributed by atoms with E-state index in [1.165, 1.54) is 6.92 Å². The molecule has 0 aliphatic carbocycles. The molecule has 4 rings (SSSR count). The highest BCUT2D eigenvalue weighted by atomic mass is 16.3. The highest BCUT2D eigenvalue weighted by Crippen LogP contribution is 2.33. The number of aromatic hydroxyl groups is 1. The predicted octanol–water partition coefficient (Wildman–Crippen LogP) is 3.99. The number of nitrogens with one attached hydrogen (secondary N) is 3. The third-order valence-electron chi connectivity index (χ3n) is 4.76. The summed E-state index contributed by atoms with van der Waals surface area (Å²) in [5.41, 5.74) is 3.82. The van der Waals surface area contributed by atoms with Gasteiger partial charge in [0.2, 0.25) is 5.91 Å². The summed E-state index contributed by atoms with van der Waals surface area (Å²) in [4.78, 5) is 36.4. The molecular weight excluding hydrogens is 394 g/mol. The van der Waals surface area contributed by atoms with Crippen LogP contribution in [0.4, 0.5) is 17.1 Å². The maximum atomic E-state index is 12.8. The fourth-order valence-corrected chi connectivity index (χ4v) is 3.31. The van der Waals surface area contributed by atoms with Crippen LogP contribution in [-0.4, -0.2) is 22.7 Å². The standard InChI is InChI=1S/C24H19N3O4/c1-14(28)26-17-8-5-15(6-9-17)23(30)16-7-10-20-21(24(31)27-22(20)11-16)13-25-18-3-2-4-19(29)12-18/h2-13,25,29H,1H3,(H,26,28)(H,27,31)/b21-13+. The van der Waals surface area contributed by atoms with Crippen LogP contribution in [-0.2, 0) is 9.59 Å². The van der Waals surface area contributed by atoms with Crippen LogP contribution in [0.5, 0.6) is 5.75 Å². The third-order valence-corrected chi connectivity index (χ3v) is 4.76. The smallest absolute Gasteiger partial charge is 0.257 e. The quantitative estimate of drug-likeness (QED) is 0.374. The molecule has 1 aliphatic rings. The number of carbonyl (C=O) groups is 3. The number of phenols is 1. The molecule has 0 saturated heterocycles. The Bertz CT molecular complexity index is 1230. The number of carbonyl (C=O) groups excluding carboxylic acids is 3. The lowest BCUT2D eigenvalue weighted by molar-refractivity contribution is -0.114. The van der Waals surface area contributed by atoms with Crippen LogP contribution in [0.15, 0.2) is 72.9 Å². The van der Waals surface area contributed by atoms with Gasteiger partial charge in [0.05, 0.1) is 5.57 Å². The summed E-state index contributed by atoms with van der Waals surface area (Å²) >= 11 is 0. The van der Waals surface area contributed by atoms with Gasteiger partial charge in [-0.15, -0.1) is 0 Å². The van der Waals surface area contributed by atoms with E-state index in [9.17, 15) is 19.5 Å². The van der Waals surface area contributed by atoms with Crippen molar-refractivity contribution >= 4 is 40.2 Å². The molecule has 4 N–H and O–H groups in total. The second kappa shape index (κ2) is 8.16. The van der Waals surface area contributed by atoms with Gasteiger partial charge >= 0.3 is 0 Å². The summed E-state index contributed by atoms with van der Waals surface area (Å²) < 4.78 is 0. The molecule has 7 nitrogen and oxygen atoms in total. The number of hydrogen-bond acceptors (Lipinski definition) is 5. The molecule has 1 heterocycles. The lowest BCUT2D eigenvalue weighted by atomic mass is 9.99. The number of hydrogen-bond donors (Lipinski definition) is 4. The van der Waals surface area contributed by atoms with Crippen molar-refractivity contribution < 1.29 is 19.5 Å². The Balaban J connectivity index is 1.55. The molecule has 0 aromatic heterocycles. The van der Waals surface area contributed by atoms with Gasteiger partial charge in [-0.05, 0) is 42.5 Å². The van der Waals surface area contributed by atoms with Gasteiger partial charge in [-0.2, -0.15) is 0 Å². The minimum Gasteiger partial charge on any atom is -0.508 e. The van der Waals surface area contributed by atoms with Gasteiger partial charge in [-0.3, -0.25) is 14.4 Å². The molecule has 0 bridgehead atoms. The van der Waals surface area contributed by atoms with Crippen molar-refractivity contribution in [2.75, 3.05) is 16.0 Å². The van der Waals surface area contributed by atoms with Gasteiger partial charge in [-0.25, -0.2) is 0 Å². The lowest BCUT2D eigenvalue weighted by Crippen LogP contribution is -2.07. The number of benzene rings is 3. The highest BCUT2D eigenvalue weighted by molar-refractivity contribution is 6.32. The second-order valence-electron chi connectivity index (χ2n) is 7.05. The summed E-state index contributed by atoms with van der Waals surface area (Å²) in [6.07, 6.45) is 1.57. The topological polar surface area (TPSA) is 108 Å². The minimum atomic E-state index is -0.285. The first-order chi connectivity index (χ1) is 14.9. The number of rotatable bonds is 5. The van der Waals surface area contributed by atoms with Gasteiger partial charge < -0.3 is 21.1 Å². The maximum Gasteiger partial charge on any atom is 0.257 e. The van der Waals surface area contributed by atoms with Crippen LogP contribution in [0, 0.1) is 0 Å². The maximum absolute atomic E-state index is 12.8. The normalized spacial score (nSPS) is 13.5. The Morgan fingerprint density at radius 2 is 1.68 bits per heavy atom. The fraction of sp³-hybridized carbons (Fsp3) is 0.0417. The van der Waals surface area contributed by atoms with E-state index in [4.69, 9.17) is 0 Å². The molecule has 1 aliphatic heterocycles. The number of phenolic OH excluding ortho intramolecular Hbond substituents is 1. The molecule has 0 radical (unpaired) electrons. The summed E-state index contributed by atoms with van der Waals surface area (Å²) in [6, 6.07) is 18.2. The van der Waals surface area contributed by atoms with E-state index < -0.39 is 0 Å². The second-order valence-corrected chi connectivity index (χ2v) is 7.05. The van der Waals surface area contributed by atoms with Gasteiger partial charge in [0.25, 0.3) is 5.91 Å². The van der Waals surface area contributed by atoms with Crippen LogP contribution in [0.2, 0.25) is 0 Å². The van der Waals surface area contributed by atoms with Gasteiger partial charge in [0.1, 0.15) is 5.75 Å². The average Bonchev–Trinajstić information content (AvgIpc) is 3.06. The van der Waals surface area contributed by atoms with Crippen molar-refractivity contribution in [3.05, 3.63) is 89.6 Å². The van der Waals surface area contributed by atoms with Crippen molar-refractivity contribution in [3.63, 3.8) is 0 Å². The molecule has 154 valence electrons. The van der Waals surface area contributed by atoms with Crippen LogP contribution in [0.1, 0.15) is 28.4 Å². The third kappa shape index (κ3) is 4.30. The van der Waals surface area contributed by atoms with Crippen LogP contribution in [0.25, 0.3) is 5.57 Å². The summed E-state index contributed by atoms with van der Waals surface area (Å²) in [6.45, 7) is 1.42. The summed E-state index contributed by atoms with van der Waals surface area (Å²) in [5, 5.41) is 18.0. The molecule has 3 aromatic rings. The van der Waals surface area contributed by atoms with Crippen LogP contribution in [0.3, 0.4) is 0 Å². The number of anilines is 3. The summed E-state index contributed by atoms with van der Waals surface area (Å²) in [7, 11) is 0. The van der Waals surface area contributed by atoms with E-state index in [1.807, 2.05) is 0 Å². The van der Waals surface area contributed by atoms with E-state index in [0.29, 0.717) is 39.3 Å². The van der Waals surface area contributed by atoms with Gasteiger partial charge in [0.15, 0.2) is 5.78 Å². The zero-order valence-electron chi connectivity index (χ0n) is 16.6. The van der Waals surface area contributed by atoms with Gasteiger partial charge in [-0.1, -0.05) is 18.2 Å². The Morgan fingerprint density at radius 1 is 0.935 bits per heavy atom. The van der Waals surface area contributed by atoms with Gasteiger partial charge in [0, 0.05) is 52.9 Å². The lowest BCUT2D eigenvalue weighted by Gasteiger charge is -2.06. The van der Waals surface area contributed by atoms with E-state index in [2.05, 4.69) is 16.0 Å². The molecular formula is C24H19N3O4. The molecule has 31 heavy (non-hydrogen) atoms. The van der Waals surface area contributed by atoms with Crippen molar-refractivity contribution in [2.45, 2.75) is 6.92 Å². The van der Waals surface area contributed by atoms with E-state index in [1.54, 1.807) is 72.9 Å². The fourth-order valence-electron chi connectivity index (χ4n) is 3.31. The first-order valence-electron chi connectivity index (χ1n) is 9.54. The first kappa shape index (κ1) is 19.9. The van der Waals surface area contributed by atoms with Crippen molar-refractivity contribution in [3.8, 4) is 5.75 Å². The first-order valence-corrected chi connectivity index (χ1v) is 9.54. The van der Waals surface area contributed by atoms with E-state index >= 15 is 0 Å². The Kier molecular flexibility index (Phi) is 5.24. The van der Waals surface area contributed by atoms with Crippen LogP contribution < -0.4 is 16.0 Å².